The summed E-state index contributed by atoms with van der Waals surface area (Å²) in [6.45, 7) is 0. The number of halogens is 3. The van der Waals surface area contributed by atoms with Crippen molar-refractivity contribution in [1.29, 1.82) is 0 Å². The topological polar surface area (TPSA) is 38.0 Å². The van der Waals surface area contributed by atoms with E-state index in [0.717, 1.165) is 12.8 Å². The Hall–Kier alpha value is -0.680. The van der Waals surface area contributed by atoms with Gasteiger partial charge in [-0.2, -0.15) is 0 Å². The summed E-state index contributed by atoms with van der Waals surface area (Å²) in [7, 11) is 0. The Labute approximate surface area is 95.0 Å². The summed E-state index contributed by atoms with van der Waals surface area (Å²) in [6.07, 6.45) is 1.52. The Morgan fingerprint density at radius 1 is 1.27 bits per heavy atom. The molecule has 0 heterocycles. The quantitative estimate of drug-likeness (QED) is 0.872. The third-order valence-electron chi connectivity index (χ3n) is 2.53. The molecule has 1 aliphatic carbocycles. The lowest BCUT2D eigenvalue weighted by atomic mass is 9.87. The molecule has 0 saturated heterocycles. The standard InChI is InChI=1S/C10H11BrF2N2/c11-5-1-8(12)10(9(13)2-5)15-7-3-6(14)4-7/h1-2,6-7,15H,3-4,14H2. The highest BCUT2D eigenvalue weighted by molar-refractivity contribution is 9.10. The fourth-order valence-corrected chi connectivity index (χ4v) is 2.07. The second-order valence-electron chi connectivity index (χ2n) is 3.82. The summed E-state index contributed by atoms with van der Waals surface area (Å²) in [5.74, 6) is -1.16. The zero-order chi connectivity index (χ0) is 11.0. The van der Waals surface area contributed by atoms with Gasteiger partial charge in [-0.1, -0.05) is 15.9 Å². The fraction of sp³-hybridized carbons (Fsp3) is 0.400. The van der Waals surface area contributed by atoms with E-state index in [0.29, 0.717) is 4.47 Å². The van der Waals surface area contributed by atoms with E-state index in [1.54, 1.807) is 0 Å². The average Bonchev–Trinajstić information content (AvgIpc) is 2.07. The molecule has 2 nitrogen and oxygen atoms in total. The Morgan fingerprint density at radius 2 is 1.80 bits per heavy atom. The summed E-state index contributed by atoms with van der Waals surface area (Å²) >= 11 is 3.03. The first-order chi connectivity index (χ1) is 7.06. The molecule has 82 valence electrons. The van der Waals surface area contributed by atoms with Gasteiger partial charge in [0, 0.05) is 16.6 Å². The number of hydrogen-bond acceptors (Lipinski definition) is 2. The van der Waals surface area contributed by atoms with E-state index in [9.17, 15) is 8.78 Å². The minimum absolute atomic E-state index is 0.0601. The highest BCUT2D eigenvalue weighted by Gasteiger charge is 2.27. The van der Waals surface area contributed by atoms with Crippen molar-refractivity contribution < 1.29 is 8.78 Å². The van der Waals surface area contributed by atoms with Crippen molar-refractivity contribution >= 4 is 21.6 Å². The maximum atomic E-state index is 13.4. The first-order valence-corrected chi connectivity index (χ1v) is 5.52. The maximum absolute atomic E-state index is 13.4. The Morgan fingerprint density at radius 3 is 2.27 bits per heavy atom. The number of nitrogens with two attached hydrogens (primary N) is 1. The van der Waals surface area contributed by atoms with E-state index >= 15 is 0 Å². The summed E-state index contributed by atoms with van der Waals surface area (Å²) in [4.78, 5) is 0. The van der Waals surface area contributed by atoms with Crippen LogP contribution in [0.15, 0.2) is 16.6 Å². The fourth-order valence-electron chi connectivity index (χ4n) is 1.66. The van der Waals surface area contributed by atoms with Crippen molar-refractivity contribution in [3.63, 3.8) is 0 Å². The minimum atomic E-state index is -0.581. The average molecular weight is 277 g/mol. The van der Waals surface area contributed by atoms with Crippen molar-refractivity contribution in [2.24, 2.45) is 5.73 Å². The van der Waals surface area contributed by atoms with E-state index in [1.807, 2.05) is 0 Å². The molecule has 0 bridgehead atoms. The molecule has 5 heteroatoms. The molecule has 0 unspecified atom stereocenters. The molecular weight excluding hydrogens is 266 g/mol. The van der Waals surface area contributed by atoms with Crippen LogP contribution in [0.1, 0.15) is 12.8 Å². The summed E-state index contributed by atoms with van der Waals surface area (Å²) < 4.78 is 27.1. The van der Waals surface area contributed by atoms with Crippen molar-refractivity contribution in [2.45, 2.75) is 24.9 Å². The van der Waals surface area contributed by atoms with Gasteiger partial charge in [-0.3, -0.25) is 0 Å². The third-order valence-corrected chi connectivity index (χ3v) is 2.99. The smallest absolute Gasteiger partial charge is 0.150 e. The van der Waals surface area contributed by atoms with E-state index in [4.69, 9.17) is 5.73 Å². The lowest BCUT2D eigenvalue weighted by molar-refractivity contribution is 0.371. The molecule has 0 aromatic heterocycles. The summed E-state index contributed by atoms with van der Waals surface area (Å²) in [6, 6.07) is 2.72. The van der Waals surface area contributed by atoms with Crippen LogP contribution in [0.5, 0.6) is 0 Å². The number of nitrogens with one attached hydrogen (secondary N) is 1. The molecule has 0 aliphatic heterocycles. The number of anilines is 1. The molecule has 1 fully saturated rings. The predicted molar refractivity (Wildman–Crippen MR) is 58.7 cm³/mol. The van der Waals surface area contributed by atoms with Gasteiger partial charge in [0.25, 0.3) is 0 Å². The molecule has 0 spiro atoms. The SMILES string of the molecule is NC1CC(Nc2c(F)cc(Br)cc2F)C1. The van der Waals surface area contributed by atoms with Gasteiger partial charge in [0.05, 0.1) is 0 Å². The van der Waals surface area contributed by atoms with Gasteiger partial charge < -0.3 is 11.1 Å². The molecule has 2 rings (SSSR count). The van der Waals surface area contributed by atoms with Gasteiger partial charge in [0.2, 0.25) is 0 Å². The molecular formula is C10H11BrF2N2. The van der Waals surface area contributed by atoms with E-state index in [1.165, 1.54) is 12.1 Å². The van der Waals surface area contributed by atoms with Crippen LogP contribution in [-0.4, -0.2) is 12.1 Å². The number of benzene rings is 1. The lowest BCUT2D eigenvalue weighted by Crippen LogP contribution is -2.44. The van der Waals surface area contributed by atoms with Crippen LogP contribution in [-0.2, 0) is 0 Å². The third kappa shape index (κ3) is 2.29. The van der Waals surface area contributed by atoms with E-state index in [2.05, 4.69) is 21.2 Å². The van der Waals surface area contributed by atoms with Crippen LogP contribution in [0, 0.1) is 11.6 Å². The molecule has 1 aromatic rings. The molecule has 3 N–H and O–H groups in total. The van der Waals surface area contributed by atoms with Crippen molar-refractivity contribution in [1.82, 2.24) is 0 Å². The van der Waals surface area contributed by atoms with Gasteiger partial charge in [0.15, 0.2) is 0 Å². The largest absolute Gasteiger partial charge is 0.377 e. The van der Waals surface area contributed by atoms with Gasteiger partial charge in [0.1, 0.15) is 17.3 Å². The van der Waals surface area contributed by atoms with Gasteiger partial charge >= 0.3 is 0 Å². The van der Waals surface area contributed by atoms with Crippen LogP contribution < -0.4 is 11.1 Å². The molecule has 1 aromatic carbocycles. The monoisotopic (exact) mass is 276 g/mol. The van der Waals surface area contributed by atoms with Crippen LogP contribution in [0.25, 0.3) is 0 Å². The second-order valence-corrected chi connectivity index (χ2v) is 4.73. The first kappa shape index (κ1) is 10.8. The zero-order valence-electron chi connectivity index (χ0n) is 7.93. The van der Waals surface area contributed by atoms with Crippen LogP contribution in [0.2, 0.25) is 0 Å². The Kier molecular flexibility index (Phi) is 2.93. The van der Waals surface area contributed by atoms with Crippen molar-refractivity contribution in [3.05, 3.63) is 28.2 Å². The maximum Gasteiger partial charge on any atom is 0.150 e. The Bertz CT molecular complexity index is 355. The summed E-state index contributed by atoms with van der Waals surface area (Å²) in [5.41, 5.74) is 5.53. The van der Waals surface area contributed by atoms with E-state index in [-0.39, 0.29) is 17.8 Å². The molecule has 1 aliphatic rings. The van der Waals surface area contributed by atoms with Crippen molar-refractivity contribution in [3.8, 4) is 0 Å². The second kappa shape index (κ2) is 4.06. The zero-order valence-corrected chi connectivity index (χ0v) is 9.52. The highest BCUT2D eigenvalue weighted by atomic mass is 79.9. The number of rotatable bonds is 2. The van der Waals surface area contributed by atoms with Gasteiger partial charge in [-0.25, -0.2) is 8.78 Å². The van der Waals surface area contributed by atoms with Gasteiger partial charge in [-0.05, 0) is 25.0 Å². The molecule has 0 atom stereocenters. The molecule has 15 heavy (non-hydrogen) atoms. The minimum Gasteiger partial charge on any atom is -0.377 e. The molecule has 1 saturated carbocycles. The lowest BCUT2D eigenvalue weighted by Gasteiger charge is -2.33. The predicted octanol–water partition coefficient (Wildman–Crippen LogP) is 2.63. The van der Waals surface area contributed by atoms with Crippen LogP contribution in [0.4, 0.5) is 14.5 Å². The first-order valence-electron chi connectivity index (χ1n) is 4.73. The highest BCUT2D eigenvalue weighted by Crippen LogP contribution is 2.28. The van der Waals surface area contributed by atoms with Crippen LogP contribution in [0.3, 0.4) is 0 Å². The molecule has 0 amide bonds. The number of hydrogen-bond donors (Lipinski definition) is 2. The van der Waals surface area contributed by atoms with Crippen LogP contribution >= 0.6 is 15.9 Å². The normalized spacial score (nSPS) is 24.8. The molecule has 0 radical (unpaired) electrons. The van der Waals surface area contributed by atoms with E-state index < -0.39 is 11.6 Å². The van der Waals surface area contributed by atoms with Gasteiger partial charge in [-0.15, -0.1) is 0 Å². The summed E-state index contributed by atoms with van der Waals surface area (Å²) in [5, 5.41) is 2.82. The Balaban J connectivity index is 2.14. The van der Waals surface area contributed by atoms with Crippen molar-refractivity contribution in [2.75, 3.05) is 5.32 Å².